The third-order valence-corrected chi connectivity index (χ3v) is 6.46. The van der Waals surface area contributed by atoms with Crippen LogP contribution in [-0.2, 0) is 19.6 Å². The van der Waals surface area contributed by atoms with Gasteiger partial charge in [-0.15, -0.1) is 0 Å². The number of carbonyl (C=O) groups excluding carboxylic acids is 1. The molecule has 0 spiro atoms. The van der Waals surface area contributed by atoms with Gasteiger partial charge >= 0.3 is 0 Å². The number of hydrogen-bond acceptors (Lipinski definition) is 5. The highest BCUT2D eigenvalue weighted by Crippen LogP contribution is 2.25. The second kappa shape index (κ2) is 10.0. The summed E-state index contributed by atoms with van der Waals surface area (Å²) in [6.07, 6.45) is 3.91. The van der Waals surface area contributed by atoms with Crippen molar-refractivity contribution in [2.75, 3.05) is 45.2 Å². The molecule has 1 saturated heterocycles. The molecule has 1 fully saturated rings. The zero-order valence-electron chi connectivity index (χ0n) is 15.6. The first-order chi connectivity index (χ1) is 12.4. The minimum absolute atomic E-state index is 0.144. The second-order valence-corrected chi connectivity index (χ2v) is 8.42. The molecule has 1 aliphatic heterocycles. The summed E-state index contributed by atoms with van der Waals surface area (Å²) < 4.78 is 32.5. The summed E-state index contributed by atoms with van der Waals surface area (Å²) in [6.45, 7) is 4.14. The van der Waals surface area contributed by atoms with E-state index in [0.29, 0.717) is 37.5 Å². The van der Waals surface area contributed by atoms with E-state index >= 15 is 0 Å². The van der Waals surface area contributed by atoms with Crippen LogP contribution in [0, 0.1) is 6.92 Å². The number of anilines is 1. The van der Waals surface area contributed by atoms with E-state index in [-0.39, 0.29) is 17.3 Å². The average Bonchev–Trinajstić information content (AvgIpc) is 2.90. The molecule has 0 bridgehead atoms. The normalized spacial score (nSPS) is 16.2. The van der Waals surface area contributed by atoms with E-state index < -0.39 is 10.0 Å². The summed E-state index contributed by atoms with van der Waals surface area (Å²) in [5, 5.41) is 5.71. The van der Waals surface area contributed by atoms with Crippen LogP contribution in [0.4, 0.5) is 5.69 Å². The lowest BCUT2D eigenvalue weighted by Crippen LogP contribution is -2.32. The zero-order valence-corrected chi connectivity index (χ0v) is 16.4. The maximum absolute atomic E-state index is 13.0. The summed E-state index contributed by atoms with van der Waals surface area (Å²) in [5.74, 6) is -0.219. The quantitative estimate of drug-likeness (QED) is 0.668. The molecule has 0 aliphatic carbocycles. The lowest BCUT2D eigenvalue weighted by Gasteiger charge is -2.21. The number of nitrogens with zero attached hydrogens (tertiary/aromatic N) is 1. The summed E-state index contributed by atoms with van der Waals surface area (Å²) >= 11 is 0. The Kier molecular flexibility index (Phi) is 8.02. The van der Waals surface area contributed by atoms with Gasteiger partial charge in [0.2, 0.25) is 15.9 Å². The van der Waals surface area contributed by atoms with E-state index in [2.05, 4.69) is 10.6 Å². The van der Waals surface area contributed by atoms with Gasteiger partial charge in [0.05, 0.1) is 18.0 Å². The maximum atomic E-state index is 13.0. The van der Waals surface area contributed by atoms with Gasteiger partial charge in [-0.2, -0.15) is 4.31 Å². The Balaban J connectivity index is 2.09. The monoisotopic (exact) mass is 383 g/mol. The second-order valence-electron chi connectivity index (χ2n) is 6.52. The number of aryl methyl sites for hydroxylation is 1. The Bertz CT molecular complexity index is 698. The van der Waals surface area contributed by atoms with Crippen molar-refractivity contribution in [1.29, 1.82) is 0 Å². The lowest BCUT2D eigenvalue weighted by atomic mass is 10.2. The van der Waals surface area contributed by atoms with Crippen LogP contribution in [-0.4, -0.2) is 58.5 Å². The molecule has 0 atom stereocenters. The molecule has 0 saturated carbocycles. The SMILES string of the molecule is COCCNCC(=O)Nc1ccc(C)c(S(=O)(=O)N2CCCCCC2)c1. The van der Waals surface area contributed by atoms with Crippen LogP contribution in [0.3, 0.4) is 0 Å². The fourth-order valence-electron chi connectivity index (χ4n) is 2.96. The molecular weight excluding hydrogens is 354 g/mol. The highest BCUT2D eigenvalue weighted by molar-refractivity contribution is 7.89. The van der Waals surface area contributed by atoms with Crippen molar-refractivity contribution in [3.05, 3.63) is 23.8 Å². The molecule has 0 radical (unpaired) electrons. The van der Waals surface area contributed by atoms with Crippen molar-refractivity contribution in [2.45, 2.75) is 37.5 Å². The predicted molar refractivity (Wildman–Crippen MR) is 102 cm³/mol. The van der Waals surface area contributed by atoms with Gasteiger partial charge < -0.3 is 15.4 Å². The number of sulfonamides is 1. The first-order valence-electron chi connectivity index (χ1n) is 9.05. The molecule has 0 unspecified atom stereocenters. The van der Waals surface area contributed by atoms with Gasteiger partial charge in [0.25, 0.3) is 0 Å². The lowest BCUT2D eigenvalue weighted by molar-refractivity contribution is -0.115. The summed E-state index contributed by atoms with van der Waals surface area (Å²) in [6, 6.07) is 5.02. The molecule has 26 heavy (non-hydrogen) atoms. The van der Waals surface area contributed by atoms with Crippen molar-refractivity contribution in [2.24, 2.45) is 0 Å². The number of ether oxygens (including phenoxy) is 1. The van der Waals surface area contributed by atoms with Crippen molar-refractivity contribution < 1.29 is 17.9 Å². The van der Waals surface area contributed by atoms with Crippen molar-refractivity contribution in [3.63, 3.8) is 0 Å². The van der Waals surface area contributed by atoms with E-state index in [1.54, 1.807) is 36.5 Å². The number of amides is 1. The third kappa shape index (κ3) is 5.77. The molecule has 146 valence electrons. The van der Waals surface area contributed by atoms with Gasteiger partial charge in [0.15, 0.2) is 0 Å². The molecule has 1 aromatic rings. The summed E-state index contributed by atoms with van der Waals surface area (Å²) in [4.78, 5) is 12.3. The number of benzene rings is 1. The van der Waals surface area contributed by atoms with Crippen molar-refractivity contribution >= 4 is 21.6 Å². The minimum Gasteiger partial charge on any atom is -0.383 e. The molecule has 2 rings (SSSR count). The molecular formula is C18H29N3O4S. The largest absolute Gasteiger partial charge is 0.383 e. The fourth-order valence-corrected chi connectivity index (χ4v) is 4.73. The van der Waals surface area contributed by atoms with E-state index in [4.69, 9.17) is 4.74 Å². The Labute approximate surface area is 156 Å². The minimum atomic E-state index is -3.55. The van der Waals surface area contributed by atoms with Crippen LogP contribution in [0.1, 0.15) is 31.2 Å². The number of methoxy groups -OCH3 is 1. The van der Waals surface area contributed by atoms with Gasteiger partial charge in [-0.05, 0) is 37.5 Å². The predicted octanol–water partition coefficient (Wildman–Crippen LogP) is 1.73. The van der Waals surface area contributed by atoms with Crippen molar-refractivity contribution in [1.82, 2.24) is 9.62 Å². The van der Waals surface area contributed by atoms with E-state index in [0.717, 1.165) is 25.7 Å². The number of hydrogen-bond donors (Lipinski definition) is 2. The number of rotatable bonds is 8. The molecule has 8 heteroatoms. The van der Waals surface area contributed by atoms with E-state index in [1.165, 1.54) is 0 Å². The highest BCUT2D eigenvalue weighted by atomic mass is 32.2. The standard InChI is InChI=1S/C18H29N3O4S/c1-15-7-8-16(20-18(22)14-19-9-12-25-2)13-17(15)26(23,24)21-10-5-3-4-6-11-21/h7-8,13,19H,3-6,9-12,14H2,1-2H3,(H,20,22). The molecule has 1 aliphatic rings. The van der Waals surface area contributed by atoms with Gasteiger partial charge in [0, 0.05) is 32.4 Å². The molecule has 2 N–H and O–H groups in total. The topological polar surface area (TPSA) is 87.7 Å². The Morgan fingerprint density at radius 2 is 1.88 bits per heavy atom. The summed E-state index contributed by atoms with van der Waals surface area (Å²) in [7, 11) is -1.95. The smallest absolute Gasteiger partial charge is 0.243 e. The Hall–Kier alpha value is -1.48. The van der Waals surface area contributed by atoms with Crippen molar-refractivity contribution in [3.8, 4) is 0 Å². The molecule has 7 nitrogen and oxygen atoms in total. The van der Waals surface area contributed by atoms with Gasteiger partial charge in [0.1, 0.15) is 0 Å². The fraction of sp³-hybridized carbons (Fsp3) is 0.611. The van der Waals surface area contributed by atoms with Crippen LogP contribution in [0.25, 0.3) is 0 Å². The van der Waals surface area contributed by atoms with Crippen LogP contribution >= 0.6 is 0 Å². The van der Waals surface area contributed by atoms with Gasteiger partial charge in [-0.25, -0.2) is 8.42 Å². The number of nitrogens with one attached hydrogen (secondary N) is 2. The average molecular weight is 384 g/mol. The molecule has 1 heterocycles. The molecule has 1 aromatic carbocycles. The number of carbonyl (C=O) groups is 1. The van der Waals surface area contributed by atoms with Crippen LogP contribution in [0.2, 0.25) is 0 Å². The zero-order chi connectivity index (χ0) is 19.0. The van der Waals surface area contributed by atoms with Crippen LogP contribution in [0.5, 0.6) is 0 Å². The van der Waals surface area contributed by atoms with E-state index in [9.17, 15) is 13.2 Å². The van der Waals surface area contributed by atoms with Crippen LogP contribution in [0.15, 0.2) is 23.1 Å². The van der Waals surface area contributed by atoms with Gasteiger partial charge in [-0.1, -0.05) is 18.9 Å². The Morgan fingerprint density at radius 3 is 2.54 bits per heavy atom. The molecule has 0 aromatic heterocycles. The maximum Gasteiger partial charge on any atom is 0.243 e. The van der Waals surface area contributed by atoms with Gasteiger partial charge in [-0.3, -0.25) is 4.79 Å². The molecule has 1 amide bonds. The van der Waals surface area contributed by atoms with E-state index in [1.807, 2.05) is 0 Å². The van der Waals surface area contributed by atoms with Crippen LogP contribution < -0.4 is 10.6 Å². The highest BCUT2D eigenvalue weighted by Gasteiger charge is 2.27. The summed E-state index contributed by atoms with van der Waals surface area (Å²) in [5.41, 5.74) is 1.17. The first-order valence-corrected chi connectivity index (χ1v) is 10.5. The Morgan fingerprint density at radius 1 is 1.19 bits per heavy atom. The third-order valence-electron chi connectivity index (χ3n) is 4.42. The first kappa shape index (κ1) is 20.8.